The minimum atomic E-state index is -2.89. The first-order valence-corrected chi connectivity index (χ1v) is 7.27. The van der Waals surface area contributed by atoms with E-state index < -0.39 is 9.84 Å². The van der Waals surface area contributed by atoms with Crippen molar-refractivity contribution in [2.75, 3.05) is 24.6 Å². The lowest BCUT2D eigenvalue weighted by Gasteiger charge is -2.33. The van der Waals surface area contributed by atoms with Crippen molar-refractivity contribution >= 4 is 15.7 Å². The molecule has 0 bridgehead atoms. The smallest absolute Gasteiger partial charge is 0.238 e. The van der Waals surface area contributed by atoms with Gasteiger partial charge < -0.3 is 5.73 Å². The second kappa shape index (κ2) is 3.97. The molecule has 6 nitrogen and oxygen atoms in total. The van der Waals surface area contributed by atoms with Crippen molar-refractivity contribution in [2.45, 2.75) is 24.8 Å². The first-order valence-electron chi connectivity index (χ1n) is 5.45. The third-order valence-corrected chi connectivity index (χ3v) is 4.95. The fraction of sp³-hybridized carbons (Fsp3) is 0.889. The van der Waals surface area contributed by atoms with Gasteiger partial charge in [-0.3, -0.25) is 9.80 Å². The standard InChI is InChI=1S/C9H17N3O3S/c10-3-4-12-8(13)7-9(11-12)1-5-16(14,15)6-2-9/h11H,1-7,10H2. The summed E-state index contributed by atoms with van der Waals surface area (Å²) in [7, 11) is -2.89. The van der Waals surface area contributed by atoms with Crippen LogP contribution in [-0.4, -0.2) is 49.5 Å². The Balaban J connectivity index is 2.04. The Kier molecular flexibility index (Phi) is 2.93. The number of hydrogen-bond donors (Lipinski definition) is 2. The van der Waals surface area contributed by atoms with Crippen LogP contribution in [0.4, 0.5) is 0 Å². The molecule has 0 unspecified atom stereocenters. The molecule has 2 fully saturated rings. The van der Waals surface area contributed by atoms with Gasteiger partial charge in [0.05, 0.1) is 11.5 Å². The molecule has 1 spiro atoms. The lowest BCUT2D eigenvalue weighted by atomic mass is 9.91. The van der Waals surface area contributed by atoms with E-state index in [0.717, 1.165) is 0 Å². The van der Waals surface area contributed by atoms with E-state index in [1.54, 1.807) is 0 Å². The van der Waals surface area contributed by atoms with Crippen molar-refractivity contribution in [1.82, 2.24) is 10.4 Å². The number of hydrogen-bond acceptors (Lipinski definition) is 5. The molecule has 0 aliphatic carbocycles. The van der Waals surface area contributed by atoms with Crippen LogP contribution in [0.15, 0.2) is 0 Å². The van der Waals surface area contributed by atoms with E-state index in [0.29, 0.717) is 32.4 Å². The molecule has 2 rings (SSSR count). The minimum absolute atomic E-state index is 0.0183. The molecule has 0 aromatic heterocycles. The van der Waals surface area contributed by atoms with Crippen LogP contribution in [0.3, 0.4) is 0 Å². The average Bonchev–Trinajstić information content (AvgIpc) is 2.51. The molecule has 0 saturated carbocycles. The minimum Gasteiger partial charge on any atom is -0.329 e. The molecule has 1 amide bonds. The zero-order chi connectivity index (χ0) is 11.8. The summed E-state index contributed by atoms with van der Waals surface area (Å²) in [4.78, 5) is 11.7. The van der Waals surface area contributed by atoms with Crippen LogP contribution in [0.25, 0.3) is 0 Å². The summed E-state index contributed by atoms with van der Waals surface area (Å²) in [6.07, 6.45) is 1.42. The topological polar surface area (TPSA) is 92.5 Å². The number of nitrogens with two attached hydrogens (primary N) is 1. The normalized spacial score (nSPS) is 27.6. The summed E-state index contributed by atoms with van der Waals surface area (Å²) in [6.45, 7) is 0.889. The first-order chi connectivity index (χ1) is 7.46. The van der Waals surface area contributed by atoms with Crippen LogP contribution in [0.1, 0.15) is 19.3 Å². The quantitative estimate of drug-likeness (QED) is 0.628. The van der Waals surface area contributed by atoms with Crippen molar-refractivity contribution in [3.63, 3.8) is 0 Å². The van der Waals surface area contributed by atoms with Gasteiger partial charge in [-0.25, -0.2) is 13.8 Å². The van der Waals surface area contributed by atoms with Crippen LogP contribution in [0, 0.1) is 0 Å². The van der Waals surface area contributed by atoms with E-state index in [9.17, 15) is 13.2 Å². The molecule has 16 heavy (non-hydrogen) atoms. The van der Waals surface area contributed by atoms with E-state index in [2.05, 4.69) is 5.43 Å². The molecule has 3 N–H and O–H groups in total. The third kappa shape index (κ3) is 2.21. The summed E-state index contributed by atoms with van der Waals surface area (Å²) in [6, 6.07) is 0. The van der Waals surface area contributed by atoms with Crippen molar-refractivity contribution < 1.29 is 13.2 Å². The summed E-state index contributed by atoms with van der Waals surface area (Å²) in [5, 5.41) is 1.53. The number of nitrogens with zero attached hydrogens (tertiary/aromatic N) is 1. The Morgan fingerprint density at radius 1 is 1.38 bits per heavy atom. The van der Waals surface area contributed by atoms with E-state index in [1.807, 2.05) is 0 Å². The maximum Gasteiger partial charge on any atom is 0.238 e. The summed E-state index contributed by atoms with van der Waals surface area (Å²) >= 11 is 0. The highest BCUT2D eigenvalue weighted by molar-refractivity contribution is 7.91. The Bertz CT molecular complexity index is 379. The molecule has 0 aromatic carbocycles. The zero-order valence-corrected chi connectivity index (χ0v) is 9.92. The van der Waals surface area contributed by atoms with E-state index in [1.165, 1.54) is 5.01 Å². The molecule has 2 saturated heterocycles. The van der Waals surface area contributed by atoms with E-state index >= 15 is 0 Å². The lowest BCUT2D eigenvalue weighted by Crippen LogP contribution is -2.51. The number of nitrogens with one attached hydrogen (secondary N) is 1. The Hall–Kier alpha value is -0.660. The van der Waals surface area contributed by atoms with Crippen LogP contribution < -0.4 is 11.2 Å². The molecule has 2 heterocycles. The molecule has 0 aromatic rings. The highest BCUT2D eigenvalue weighted by atomic mass is 32.2. The second-order valence-electron chi connectivity index (χ2n) is 4.55. The van der Waals surface area contributed by atoms with Crippen LogP contribution >= 0.6 is 0 Å². The van der Waals surface area contributed by atoms with E-state index in [4.69, 9.17) is 5.73 Å². The molecule has 0 radical (unpaired) electrons. The molecule has 92 valence electrons. The molecule has 7 heteroatoms. The largest absolute Gasteiger partial charge is 0.329 e. The first kappa shape index (κ1) is 11.8. The fourth-order valence-electron chi connectivity index (χ4n) is 2.30. The number of rotatable bonds is 2. The highest BCUT2D eigenvalue weighted by Gasteiger charge is 2.45. The predicted molar refractivity (Wildman–Crippen MR) is 59.1 cm³/mol. The number of carbonyl (C=O) groups excluding carboxylic acids is 1. The maximum absolute atomic E-state index is 11.7. The monoisotopic (exact) mass is 247 g/mol. The number of amides is 1. The van der Waals surface area contributed by atoms with Gasteiger partial charge in [0.25, 0.3) is 0 Å². The molecular formula is C9H17N3O3S. The third-order valence-electron chi connectivity index (χ3n) is 3.30. The average molecular weight is 247 g/mol. The fourth-order valence-corrected chi connectivity index (χ4v) is 3.91. The predicted octanol–water partition coefficient (Wildman–Crippen LogP) is -1.37. The van der Waals surface area contributed by atoms with Gasteiger partial charge in [-0.15, -0.1) is 0 Å². The van der Waals surface area contributed by atoms with Crippen LogP contribution in [0.2, 0.25) is 0 Å². The zero-order valence-electron chi connectivity index (χ0n) is 9.11. The van der Waals surface area contributed by atoms with Gasteiger partial charge in [-0.1, -0.05) is 0 Å². The maximum atomic E-state index is 11.7. The van der Waals surface area contributed by atoms with Gasteiger partial charge >= 0.3 is 0 Å². The van der Waals surface area contributed by atoms with E-state index in [-0.39, 0.29) is 23.0 Å². The Morgan fingerprint density at radius 2 is 2.00 bits per heavy atom. The van der Waals surface area contributed by atoms with Crippen molar-refractivity contribution in [3.05, 3.63) is 0 Å². The van der Waals surface area contributed by atoms with Crippen molar-refractivity contribution in [2.24, 2.45) is 5.73 Å². The Morgan fingerprint density at radius 3 is 2.56 bits per heavy atom. The van der Waals surface area contributed by atoms with Crippen molar-refractivity contribution in [3.8, 4) is 0 Å². The SMILES string of the molecule is NCCN1NC2(CCS(=O)(=O)CC2)CC1=O. The number of carbonyl (C=O) groups is 1. The van der Waals surface area contributed by atoms with Gasteiger partial charge in [0.2, 0.25) is 5.91 Å². The Labute approximate surface area is 95.1 Å². The van der Waals surface area contributed by atoms with Gasteiger partial charge in [0, 0.05) is 25.0 Å². The van der Waals surface area contributed by atoms with Gasteiger partial charge in [0.1, 0.15) is 9.84 Å². The van der Waals surface area contributed by atoms with Crippen molar-refractivity contribution in [1.29, 1.82) is 0 Å². The molecule has 2 aliphatic heterocycles. The lowest BCUT2D eigenvalue weighted by molar-refractivity contribution is -0.129. The van der Waals surface area contributed by atoms with Gasteiger partial charge in [-0.2, -0.15) is 0 Å². The number of sulfone groups is 1. The molecule has 0 atom stereocenters. The van der Waals surface area contributed by atoms with Gasteiger partial charge in [-0.05, 0) is 12.8 Å². The molecular weight excluding hydrogens is 230 g/mol. The summed E-state index contributed by atoms with van der Waals surface area (Å²) in [5.41, 5.74) is 8.20. The van der Waals surface area contributed by atoms with Crippen LogP contribution in [-0.2, 0) is 14.6 Å². The highest BCUT2D eigenvalue weighted by Crippen LogP contribution is 2.31. The molecule has 2 aliphatic rings. The van der Waals surface area contributed by atoms with Gasteiger partial charge in [0.15, 0.2) is 0 Å². The summed E-state index contributed by atoms with van der Waals surface area (Å²) in [5.74, 6) is 0.359. The second-order valence-corrected chi connectivity index (χ2v) is 6.86. The summed E-state index contributed by atoms with van der Waals surface area (Å²) < 4.78 is 22.7. The van der Waals surface area contributed by atoms with Crippen LogP contribution in [0.5, 0.6) is 0 Å². The number of hydrazine groups is 1.